The molecule has 6 unspecified atom stereocenters. The van der Waals surface area contributed by atoms with Crippen LogP contribution in [0.5, 0.6) is 0 Å². The van der Waals surface area contributed by atoms with Crippen molar-refractivity contribution in [1.82, 2.24) is 52.3 Å². The van der Waals surface area contributed by atoms with Crippen molar-refractivity contribution in [2.45, 2.75) is 181 Å². The molecule has 26 nitrogen and oxygen atoms in total. The largest absolute Gasteiger partial charge is 0.326 e. The first-order valence-electron chi connectivity index (χ1n) is 41.9. The van der Waals surface area contributed by atoms with Crippen LogP contribution < -0.4 is 53.8 Å². The Morgan fingerprint density at radius 2 is 0.863 bits per heavy atom. The SMILES string of the molecule is CC(C)N1CCC(C)(C(=O)Nc2cc(-c3ccc4c(c3)CCC(C(=O)NO)C4)ccn2)CC1.CCN1CCC(C)(C(=O)Nc2cc(-c3ccc4c(c3)CCC(C(=O)NO)C4)ccn2)CC1.O=C(NO)C1CCc2cc(NC(=O)C(c3ccccc3)C3CCNCC3)ccc2C1.O=C(NO)C1CCc2cc(NC(=O)C3CCCN3)ccc2C1. The summed E-state index contributed by atoms with van der Waals surface area (Å²) in [6, 6.07) is 42.5. The van der Waals surface area contributed by atoms with Gasteiger partial charge < -0.3 is 41.7 Å². The number of aryl methyl sites for hydroxylation is 4. The van der Waals surface area contributed by atoms with Crippen molar-refractivity contribution in [2.75, 3.05) is 73.6 Å². The van der Waals surface area contributed by atoms with Crippen LogP contribution in [-0.2, 0) is 89.7 Å². The molecule has 15 rings (SSSR count). The maximum atomic E-state index is 13.3. The minimum Gasteiger partial charge on any atom is -0.326 e. The summed E-state index contributed by atoms with van der Waals surface area (Å²) in [6.45, 7) is 18.2. The molecule has 6 atom stereocenters. The number of likely N-dealkylation sites (tertiary alicyclic amines) is 2. The van der Waals surface area contributed by atoms with Crippen molar-refractivity contribution in [3.8, 4) is 22.3 Å². The van der Waals surface area contributed by atoms with E-state index in [9.17, 15) is 38.4 Å². The van der Waals surface area contributed by atoms with Crippen molar-refractivity contribution < 1.29 is 59.2 Å². The van der Waals surface area contributed by atoms with E-state index in [-0.39, 0.29) is 93.7 Å². The van der Waals surface area contributed by atoms with Crippen LogP contribution in [0.4, 0.5) is 23.0 Å². The summed E-state index contributed by atoms with van der Waals surface area (Å²) in [5.41, 5.74) is 22.4. The molecule has 4 aliphatic carbocycles. The number of aromatic nitrogens is 2. The van der Waals surface area contributed by atoms with E-state index in [2.05, 4.69) is 104 Å². The Bertz CT molecular complexity index is 4650. The summed E-state index contributed by atoms with van der Waals surface area (Å²) in [6.07, 6.45) is 19.2. The predicted molar refractivity (Wildman–Crippen MR) is 448 cm³/mol. The lowest BCUT2D eigenvalue weighted by molar-refractivity contribution is -0.134. The van der Waals surface area contributed by atoms with Gasteiger partial charge in [0.2, 0.25) is 47.3 Å². The minimum atomic E-state index is -0.383. The second-order valence-corrected chi connectivity index (χ2v) is 33.7. The first-order valence-corrected chi connectivity index (χ1v) is 41.9. The topological polar surface area (TPSA) is 370 Å². The minimum absolute atomic E-state index is 0.0193. The maximum Gasteiger partial charge on any atom is 0.246 e. The molecule has 5 aromatic carbocycles. The maximum absolute atomic E-state index is 13.3. The average molecular weight is 1600 g/mol. The molecule has 26 heteroatoms. The van der Waals surface area contributed by atoms with Gasteiger partial charge in [-0.15, -0.1) is 0 Å². The first-order chi connectivity index (χ1) is 56.5. The molecular weight excluding hydrogens is 1480 g/mol. The van der Waals surface area contributed by atoms with Crippen LogP contribution in [0, 0.1) is 40.4 Å². The smallest absolute Gasteiger partial charge is 0.246 e. The second-order valence-electron chi connectivity index (χ2n) is 33.7. The lowest BCUT2D eigenvalue weighted by Crippen LogP contribution is -2.47. The number of carbonyl (C=O) groups is 8. The summed E-state index contributed by atoms with van der Waals surface area (Å²) >= 11 is 0. The Hall–Kier alpha value is -10.2. The zero-order valence-electron chi connectivity index (χ0n) is 68.0. The van der Waals surface area contributed by atoms with Gasteiger partial charge in [-0.3, -0.25) is 59.2 Å². The molecule has 4 aliphatic heterocycles. The number of piperidine rings is 3. The molecule has 0 spiro atoms. The summed E-state index contributed by atoms with van der Waals surface area (Å²) in [5, 5.41) is 54.2. The third-order valence-electron chi connectivity index (χ3n) is 25.7. The number of pyridine rings is 2. The number of nitrogens with one attached hydrogen (secondary N) is 10. The third kappa shape index (κ3) is 22.2. The molecule has 14 N–H and O–H groups in total. The Morgan fingerprint density at radius 1 is 0.453 bits per heavy atom. The Labute approximate surface area is 685 Å². The van der Waals surface area contributed by atoms with Gasteiger partial charge in [0.05, 0.1) is 12.0 Å². The van der Waals surface area contributed by atoms with Crippen LogP contribution in [0.15, 0.2) is 140 Å². The van der Waals surface area contributed by atoms with Gasteiger partial charge in [-0.25, -0.2) is 31.9 Å². The number of anilines is 4. The number of amides is 8. The highest BCUT2D eigenvalue weighted by atomic mass is 16.5. The second kappa shape index (κ2) is 40.3. The van der Waals surface area contributed by atoms with Crippen LogP contribution in [0.2, 0.25) is 0 Å². The van der Waals surface area contributed by atoms with Crippen molar-refractivity contribution >= 4 is 70.3 Å². The lowest BCUT2D eigenvalue weighted by atomic mass is 9.79. The number of hydrogen-bond donors (Lipinski definition) is 14. The van der Waals surface area contributed by atoms with E-state index in [1.54, 1.807) is 34.3 Å². The van der Waals surface area contributed by atoms with Gasteiger partial charge in [-0.2, -0.15) is 0 Å². The summed E-state index contributed by atoms with van der Waals surface area (Å²) in [5.74, 6) is -0.606. The molecule has 8 amide bonds. The number of hydroxylamine groups is 4. The summed E-state index contributed by atoms with van der Waals surface area (Å²) < 4.78 is 0. The van der Waals surface area contributed by atoms with E-state index < -0.39 is 0 Å². The molecule has 0 radical (unpaired) electrons. The normalized spacial score (nSPS) is 20.9. The van der Waals surface area contributed by atoms with Crippen molar-refractivity contribution in [1.29, 1.82) is 0 Å². The van der Waals surface area contributed by atoms with Gasteiger partial charge >= 0.3 is 0 Å². The van der Waals surface area contributed by atoms with Gasteiger partial charge in [0.1, 0.15) is 11.6 Å². The lowest BCUT2D eigenvalue weighted by Gasteiger charge is -2.39. The van der Waals surface area contributed by atoms with Gasteiger partial charge in [0.15, 0.2) is 0 Å². The monoisotopic (exact) mass is 1600 g/mol. The molecule has 2 aromatic heterocycles. The number of benzene rings is 5. The molecule has 4 fully saturated rings. The molecule has 8 aliphatic rings. The van der Waals surface area contributed by atoms with E-state index in [4.69, 9.17) is 20.8 Å². The first kappa shape index (κ1) is 86.2. The number of nitrogens with zero attached hydrogens (tertiary/aromatic N) is 4. The van der Waals surface area contributed by atoms with Crippen LogP contribution in [0.1, 0.15) is 168 Å². The molecule has 0 bridgehead atoms. The zero-order chi connectivity index (χ0) is 82.8. The third-order valence-corrected chi connectivity index (χ3v) is 25.7. The highest BCUT2D eigenvalue weighted by Gasteiger charge is 2.40. The van der Waals surface area contributed by atoms with E-state index in [0.29, 0.717) is 75.0 Å². The summed E-state index contributed by atoms with van der Waals surface area (Å²) in [4.78, 5) is 112. The summed E-state index contributed by atoms with van der Waals surface area (Å²) in [7, 11) is 0. The Kier molecular flexibility index (Phi) is 29.7. The number of hydrogen-bond acceptors (Lipinski definition) is 18. The van der Waals surface area contributed by atoms with Gasteiger partial charge in [0.25, 0.3) is 0 Å². The Morgan fingerprint density at radius 3 is 1.27 bits per heavy atom. The van der Waals surface area contributed by atoms with Gasteiger partial charge in [0, 0.05) is 64.3 Å². The number of rotatable bonds is 18. The fourth-order valence-corrected chi connectivity index (χ4v) is 17.9. The number of carbonyl (C=O) groups excluding carboxylic acids is 8. The molecule has 4 saturated heterocycles. The number of fused-ring (bicyclic) bond motifs is 4. The fourth-order valence-electron chi connectivity index (χ4n) is 17.9. The molecule has 6 heterocycles. The molecule has 7 aromatic rings. The predicted octanol–water partition coefficient (Wildman–Crippen LogP) is 11.2. The van der Waals surface area contributed by atoms with Gasteiger partial charge in [-0.1, -0.05) is 99.6 Å². The Balaban J connectivity index is 0.000000145. The van der Waals surface area contributed by atoms with E-state index >= 15 is 0 Å². The van der Waals surface area contributed by atoms with Crippen molar-refractivity contribution in [3.05, 3.63) is 190 Å². The fraction of sp³-hybridized carbons (Fsp3) is 0.473. The van der Waals surface area contributed by atoms with Gasteiger partial charge in [-0.05, 0) is 321 Å². The molecule has 622 valence electrons. The molecular formula is C91H116N14O12. The van der Waals surface area contributed by atoms with Crippen molar-refractivity contribution in [3.63, 3.8) is 0 Å². The molecule has 0 saturated carbocycles. The average Bonchev–Trinajstić information content (AvgIpc) is 0.865. The highest BCUT2D eigenvalue weighted by Crippen LogP contribution is 2.39. The highest BCUT2D eigenvalue weighted by molar-refractivity contribution is 5.98. The zero-order valence-corrected chi connectivity index (χ0v) is 68.0. The van der Waals surface area contributed by atoms with Crippen LogP contribution in [0.25, 0.3) is 22.3 Å². The van der Waals surface area contributed by atoms with E-state index in [0.717, 1.165) is 196 Å². The standard InChI is InChI=1S/C26H34N4O3.C25H32N4O3.C24H29N3O3.C16H21N3O3/c1-17(2)30-12-9-26(3,10-13-30)25(32)28-23-16-21(8-11-27-23)19-4-5-20-15-22(24(31)29-33)7-6-18(20)14-19;1-3-29-12-9-25(2,10-13-29)24(31)27-22-16-20(8-11-26-22)18-4-5-19-15-21(23(30)28-32)7-6-17(19)14-18;28-23(27-30)20-7-6-19-15-21(9-8-18(19)14-20)26-24(29)22(16-4-2-1-3-5-16)17-10-12-25-13-11-17;20-15(19-22)12-4-3-11-9-13(6-5-10(11)8-12)18-16(21)14-2-1-7-17-14/h4-5,8,11,14,16-17,22,33H,6-7,9-10,12-13,15H2,1-3H3,(H,29,31)(H,27,28,32);4-5,8,11,14,16,21,32H,3,6-7,9-10,12-13,15H2,1-2H3,(H,28,30)(H,26,27,31);1-5,8-9,15,17,20,22,25,30H,6-7,10-14H2,(H,26,29)(H,27,28);5-6,9,12,14,17,22H,1-4,7-8H2,(H,18,21)(H,19,20). The molecule has 117 heavy (non-hydrogen) atoms. The van der Waals surface area contributed by atoms with Crippen LogP contribution >= 0.6 is 0 Å². The van der Waals surface area contributed by atoms with Crippen LogP contribution in [-0.4, -0.2) is 152 Å². The van der Waals surface area contributed by atoms with Crippen LogP contribution in [0.3, 0.4) is 0 Å². The van der Waals surface area contributed by atoms with E-state index in [1.165, 1.54) is 16.7 Å². The van der Waals surface area contributed by atoms with Crippen molar-refractivity contribution in [2.24, 2.45) is 40.4 Å². The quantitative estimate of drug-likeness (QED) is 0.0280. The van der Waals surface area contributed by atoms with E-state index in [1.807, 2.05) is 110 Å².